The maximum Gasteiger partial charge on any atom is 0.420 e. The minimum atomic E-state index is -4.56. The van der Waals surface area contributed by atoms with Crippen LogP contribution in [0, 0.1) is 0 Å². The molecule has 0 radical (unpaired) electrons. The van der Waals surface area contributed by atoms with Crippen molar-refractivity contribution in [1.29, 1.82) is 0 Å². The summed E-state index contributed by atoms with van der Waals surface area (Å²) in [5.74, 6) is -0.624. The molecule has 1 amide bonds. The Morgan fingerprint density at radius 1 is 1.24 bits per heavy atom. The van der Waals surface area contributed by atoms with Gasteiger partial charge in [0.1, 0.15) is 11.4 Å². The number of halogens is 3. The molecule has 0 saturated heterocycles. The number of carbonyl (C=O) groups is 1. The number of alkyl halides is 3. The van der Waals surface area contributed by atoms with E-state index in [1.54, 1.807) is 6.92 Å². The summed E-state index contributed by atoms with van der Waals surface area (Å²) in [6.07, 6.45) is -0.877. The summed E-state index contributed by atoms with van der Waals surface area (Å²) in [5, 5.41) is 2.60. The van der Waals surface area contributed by atoms with E-state index in [2.05, 4.69) is 5.32 Å². The third-order valence-electron chi connectivity index (χ3n) is 4.25. The molecule has 0 spiro atoms. The number of amides is 1. The van der Waals surface area contributed by atoms with Crippen molar-refractivity contribution in [2.24, 2.45) is 0 Å². The summed E-state index contributed by atoms with van der Waals surface area (Å²) in [5.41, 5.74) is -1.75. The molecule has 0 bridgehead atoms. The lowest BCUT2D eigenvalue weighted by molar-refractivity contribution is -0.141. The number of anilines is 1. The zero-order valence-electron chi connectivity index (χ0n) is 14.5. The van der Waals surface area contributed by atoms with Crippen molar-refractivity contribution in [3.8, 4) is 5.75 Å². The summed E-state index contributed by atoms with van der Waals surface area (Å²) in [6, 6.07) is 3.56. The van der Waals surface area contributed by atoms with E-state index in [1.807, 2.05) is 6.92 Å². The maximum absolute atomic E-state index is 13.2. The highest BCUT2D eigenvalue weighted by Gasteiger charge is 2.42. The Morgan fingerprint density at radius 3 is 2.48 bits per heavy atom. The average molecular weight is 359 g/mol. The first-order chi connectivity index (χ1) is 11.8. The van der Waals surface area contributed by atoms with Gasteiger partial charge in [-0.25, -0.2) is 0 Å². The van der Waals surface area contributed by atoms with E-state index in [-0.39, 0.29) is 24.0 Å². The molecule has 1 aromatic carbocycles. The van der Waals surface area contributed by atoms with E-state index < -0.39 is 17.3 Å². The molecule has 1 saturated carbocycles. The average Bonchev–Trinajstić information content (AvgIpc) is 3.04. The number of hydrogen-bond acceptors (Lipinski definition) is 3. The topological polar surface area (TPSA) is 47.6 Å². The van der Waals surface area contributed by atoms with Crippen LogP contribution in [-0.4, -0.2) is 24.7 Å². The highest BCUT2D eigenvalue weighted by atomic mass is 19.4. The Labute approximate surface area is 145 Å². The van der Waals surface area contributed by atoms with Crippen molar-refractivity contribution in [3.63, 3.8) is 0 Å². The Balaban J connectivity index is 2.22. The molecule has 25 heavy (non-hydrogen) atoms. The number of carbonyl (C=O) groups excluding carboxylic acids is 1. The normalized spacial score (nSPS) is 16.7. The van der Waals surface area contributed by atoms with Crippen LogP contribution >= 0.6 is 0 Å². The van der Waals surface area contributed by atoms with Gasteiger partial charge in [0.05, 0.1) is 12.2 Å². The van der Waals surface area contributed by atoms with Crippen LogP contribution in [0.25, 0.3) is 0 Å². The predicted octanol–water partition coefficient (Wildman–Crippen LogP) is 4.78. The summed E-state index contributed by atoms with van der Waals surface area (Å²) >= 11 is 0. The lowest BCUT2D eigenvalue weighted by atomic mass is 10.0. The smallest absolute Gasteiger partial charge is 0.420 e. The van der Waals surface area contributed by atoms with Gasteiger partial charge in [0, 0.05) is 12.3 Å². The first kappa shape index (κ1) is 19.6. The second-order valence-electron chi connectivity index (χ2n) is 6.15. The number of rotatable bonds is 7. The summed E-state index contributed by atoms with van der Waals surface area (Å²) in [4.78, 5) is 12.7. The molecule has 4 nitrogen and oxygen atoms in total. The molecule has 2 rings (SSSR count). The molecule has 7 heteroatoms. The van der Waals surface area contributed by atoms with Crippen LogP contribution in [0.2, 0.25) is 0 Å². The Morgan fingerprint density at radius 2 is 1.92 bits per heavy atom. The van der Waals surface area contributed by atoms with Crippen LogP contribution in [0.15, 0.2) is 18.2 Å². The lowest BCUT2D eigenvalue weighted by Gasteiger charge is -2.28. The monoisotopic (exact) mass is 359 g/mol. The molecule has 0 aromatic heterocycles. The molecule has 1 N–H and O–H groups in total. The summed E-state index contributed by atoms with van der Waals surface area (Å²) in [7, 11) is 0. The van der Waals surface area contributed by atoms with Crippen LogP contribution in [-0.2, 0) is 15.7 Å². The maximum atomic E-state index is 13.2. The van der Waals surface area contributed by atoms with Gasteiger partial charge in [0.25, 0.3) is 5.91 Å². The highest BCUT2D eigenvalue weighted by Crippen LogP contribution is 2.39. The second kappa shape index (κ2) is 8.08. The van der Waals surface area contributed by atoms with Crippen LogP contribution in [0.5, 0.6) is 5.75 Å². The molecule has 0 atom stereocenters. The van der Waals surface area contributed by atoms with E-state index in [0.29, 0.717) is 19.4 Å². The standard InChI is InChI=1S/C18H24F3NO3/c1-3-11-25-17(9-5-6-10-17)16(23)22-13-7-8-15(24-4-2)14(12-13)18(19,20)21/h7-8,12H,3-6,9-11H2,1-2H3,(H,22,23). The van der Waals surface area contributed by atoms with Gasteiger partial charge in [-0.15, -0.1) is 0 Å². The Hall–Kier alpha value is -1.76. The Bertz CT molecular complexity index is 596. The van der Waals surface area contributed by atoms with Gasteiger partial charge in [-0.05, 0) is 57.2 Å². The minimum Gasteiger partial charge on any atom is -0.493 e. The van der Waals surface area contributed by atoms with Gasteiger partial charge in [0.15, 0.2) is 0 Å². The largest absolute Gasteiger partial charge is 0.493 e. The van der Waals surface area contributed by atoms with Crippen molar-refractivity contribution in [3.05, 3.63) is 23.8 Å². The van der Waals surface area contributed by atoms with E-state index in [1.165, 1.54) is 12.1 Å². The molecule has 0 unspecified atom stereocenters. The first-order valence-corrected chi connectivity index (χ1v) is 8.62. The van der Waals surface area contributed by atoms with Crippen molar-refractivity contribution in [2.45, 2.75) is 57.7 Å². The number of ether oxygens (including phenoxy) is 2. The molecule has 1 aromatic rings. The highest BCUT2D eigenvalue weighted by molar-refractivity contribution is 5.97. The van der Waals surface area contributed by atoms with Crippen LogP contribution in [0.1, 0.15) is 51.5 Å². The number of benzene rings is 1. The van der Waals surface area contributed by atoms with Gasteiger partial charge in [0.2, 0.25) is 0 Å². The number of hydrogen-bond donors (Lipinski definition) is 1. The molecule has 1 aliphatic carbocycles. The van der Waals surface area contributed by atoms with Gasteiger partial charge in [-0.1, -0.05) is 6.92 Å². The van der Waals surface area contributed by atoms with Gasteiger partial charge in [-0.3, -0.25) is 4.79 Å². The van der Waals surface area contributed by atoms with Gasteiger partial charge in [-0.2, -0.15) is 13.2 Å². The molecule has 140 valence electrons. The fourth-order valence-electron chi connectivity index (χ4n) is 3.04. The molecule has 1 fully saturated rings. The third-order valence-corrected chi connectivity index (χ3v) is 4.25. The fourth-order valence-corrected chi connectivity index (χ4v) is 3.04. The fraction of sp³-hybridized carbons (Fsp3) is 0.611. The third kappa shape index (κ3) is 4.66. The van der Waals surface area contributed by atoms with Crippen molar-refractivity contribution < 1.29 is 27.4 Å². The molecule has 0 heterocycles. The predicted molar refractivity (Wildman–Crippen MR) is 88.7 cm³/mol. The van der Waals surface area contributed by atoms with E-state index >= 15 is 0 Å². The summed E-state index contributed by atoms with van der Waals surface area (Å²) in [6.45, 7) is 4.14. The Kier molecular flexibility index (Phi) is 6.32. The van der Waals surface area contributed by atoms with Crippen molar-refractivity contribution in [1.82, 2.24) is 0 Å². The van der Waals surface area contributed by atoms with Gasteiger partial charge >= 0.3 is 6.18 Å². The number of nitrogens with one attached hydrogen (secondary N) is 1. The quantitative estimate of drug-likeness (QED) is 0.762. The second-order valence-corrected chi connectivity index (χ2v) is 6.15. The van der Waals surface area contributed by atoms with E-state index in [4.69, 9.17) is 9.47 Å². The van der Waals surface area contributed by atoms with Crippen molar-refractivity contribution in [2.75, 3.05) is 18.5 Å². The lowest BCUT2D eigenvalue weighted by Crippen LogP contribution is -2.43. The SMILES string of the molecule is CCCOC1(C(=O)Nc2ccc(OCC)c(C(F)(F)F)c2)CCCC1. The molecule has 0 aliphatic heterocycles. The van der Waals surface area contributed by atoms with Crippen molar-refractivity contribution >= 4 is 11.6 Å². The molecular formula is C18H24F3NO3. The van der Waals surface area contributed by atoms with Crippen LogP contribution in [0.3, 0.4) is 0 Å². The van der Waals surface area contributed by atoms with Gasteiger partial charge < -0.3 is 14.8 Å². The first-order valence-electron chi connectivity index (χ1n) is 8.62. The summed E-state index contributed by atoms with van der Waals surface area (Å²) < 4.78 is 50.5. The van der Waals surface area contributed by atoms with Crippen LogP contribution < -0.4 is 10.1 Å². The van der Waals surface area contributed by atoms with Crippen LogP contribution in [0.4, 0.5) is 18.9 Å². The molecule has 1 aliphatic rings. The van der Waals surface area contributed by atoms with E-state index in [0.717, 1.165) is 25.3 Å². The van der Waals surface area contributed by atoms with E-state index in [9.17, 15) is 18.0 Å². The molecular weight excluding hydrogens is 335 g/mol. The minimum absolute atomic E-state index is 0.0900. The zero-order chi connectivity index (χ0) is 18.5. The zero-order valence-corrected chi connectivity index (χ0v) is 14.5.